The van der Waals surface area contributed by atoms with Crippen LogP contribution in [0.3, 0.4) is 0 Å². The van der Waals surface area contributed by atoms with Crippen molar-refractivity contribution in [2.45, 2.75) is 59.9 Å². The van der Waals surface area contributed by atoms with Crippen LogP contribution >= 0.6 is 0 Å². The van der Waals surface area contributed by atoms with Crippen molar-refractivity contribution in [2.75, 3.05) is 18.0 Å². The molecule has 1 aromatic rings. The van der Waals surface area contributed by atoms with Gasteiger partial charge in [0, 0.05) is 25.3 Å². The maximum Gasteiger partial charge on any atom is 0.131 e. The molecule has 114 valence electrons. The molecule has 0 aliphatic rings. The van der Waals surface area contributed by atoms with Gasteiger partial charge >= 0.3 is 0 Å². The van der Waals surface area contributed by atoms with E-state index in [1.807, 2.05) is 13.1 Å². The van der Waals surface area contributed by atoms with Gasteiger partial charge in [-0.05, 0) is 44.2 Å². The normalized spacial score (nSPS) is 12.8. The van der Waals surface area contributed by atoms with E-state index in [2.05, 4.69) is 38.7 Å². The smallest absolute Gasteiger partial charge is 0.131 e. The Morgan fingerprint density at radius 2 is 1.90 bits per heavy atom. The molecule has 1 heterocycles. The van der Waals surface area contributed by atoms with Crippen LogP contribution in [-0.2, 0) is 6.42 Å². The average molecular weight is 277 g/mol. The molecule has 2 N–H and O–H groups in total. The number of aromatic nitrogens is 1. The number of hydrogen-bond donors (Lipinski definition) is 1. The topological polar surface area (TPSA) is 42.2 Å². The Morgan fingerprint density at radius 3 is 2.35 bits per heavy atom. The van der Waals surface area contributed by atoms with Crippen LogP contribution in [0.5, 0.6) is 0 Å². The van der Waals surface area contributed by atoms with E-state index in [9.17, 15) is 0 Å². The zero-order valence-electron chi connectivity index (χ0n) is 13.8. The molecule has 0 aliphatic heterocycles. The molecule has 3 heteroatoms. The minimum absolute atomic E-state index is 0.189. The van der Waals surface area contributed by atoms with Crippen molar-refractivity contribution in [2.24, 2.45) is 11.7 Å². The fourth-order valence-corrected chi connectivity index (χ4v) is 2.66. The Hall–Kier alpha value is -1.09. The van der Waals surface area contributed by atoms with Gasteiger partial charge in [-0.15, -0.1) is 0 Å². The molecule has 1 rings (SSSR count). The predicted molar refractivity (Wildman–Crippen MR) is 88.3 cm³/mol. The largest absolute Gasteiger partial charge is 0.356 e. The van der Waals surface area contributed by atoms with Crippen molar-refractivity contribution in [3.05, 3.63) is 23.4 Å². The van der Waals surface area contributed by atoms with Crippen LogP contribution in [0.1, 0.15) is 51.7 Å². The molecule has 1 atom stereocenters. The van der Waals surface area contributed by atoms with Crippen molar-refractivity contribution in [1.82, 2.24) is 4.98 Å². The molecule has 0 bridgehead atoms. The molecule has 20 heavy (non-hydrogen) atoms. The van der Waals surface area contributed by atoms with E-state index >= 15 is 0 Å². The highest BCUT2D eigenvalue weighted by atomic mass is 15.2. The number of nitrogens with zero attached hydrogens (tertiary/aromatic N) is 2. The van der Waals surface area contributed by atoms with Gasteiger partial charge in [0.2, 0.25) is 0 Å². The molecule has 0 saturated carbocycles. The van der Waals surface area contributed by atoms with Crippen molar-refractivity contribution in [3.8, 4) is 0 Å². The SMILES string of the molecule is CCC(CC)CN(CC)c1ncc(CC(C)N)cc1C. The first kappa shape index (κ1) is 17.0. The van der Waals surface area contributed by atoms with E-state index in [0.717, 1.165) is 31.2 Å². The Morgan fingerprint density at radius 1 is 1.25 bits per heavy atom. The van der Waals surface area contributed by atoms with Gasteiger partial charge in [0.25, 0.3) is 0 Å². The molecule has 3 nitrogen and oxygen atoms in total. The lowest BCUT2D eigenvalue weighted by Gasteiger charge is -2.28. The fourth-order valence-electron chi connectivity index (χ4n) is 2.66. The second-order valence-corrected chi connectivity index (χ2v) is 5.89. The summed E-state index contributed by atoms with van der Waals surface area (Å²) in [6.45, 7) is 13.1. The first-order valence-corrected chi connectivity index (χ1v) is 7.97. The maximum absolute atomic E-state index is 5.86. The monoisotopic (exact) mass is 277 g/mol. The van der Waals surface area contributed by atoms with Crippen LogP contribution in [0.2, 0.25) is 0 Å². The molecule has 0 radical (unpaired) electrons. The van der Waals surface area contributed by atoms with Crippen LogP contribution in [0.4, 0.5) is 5.82 Å². The summed E-state index contributed by atoms with van der Waals surface area (Å²) in [5.41, 5.74) is 8.36. The van der Waals surface area contributed by atoms with Gasteiger partial charge in [-0.25, -0.2) is 4.98 Å². The third kappa shape index (κ3) is 4.78. The van der Waals surface area contributed by atoms with Crippen LogP contribution in [0.15, 0.2) is 12.3 Å². The second kappa shape index (κ2) is 8.25. The van der Waals surface area contributed by atoms with Crippen LogP contribution in [-0.4, -0.2) is 24.1 Å². The van der Waals surface area contributed by atoms with Crippen LogP contribution < -0.4 is 10.6 Å². The first-order chi connectivity index (χ1) is 9.51. The number of aryl methyl sites for hydroxylation is 1. The minimum atomic E-state index is 0.189. The minimum Gasteiger partial charge on any atom is -0.356 e. The lowest BCUT2D eigenvalue weighted by atomic mass is 10.0. The van der Waals surface area contributed by atoms with Crippen molar-refractivity contribution in [1.29, 1.82) is 0 Å². The number of anilines is 1. The van der Waals surface area contributed by atoms with Crippen LogP contribution in [0.25, 0.3) is 0 Å². The standard InChI is InChI=1S/C17H31N3/c1-6-15(7-2)12-20(8-3)17-13(4)9-16(11-19-17)10-14(5)18/h9,11,14-15H,6-8,10,12,18H2,1-5H3. The van der Waals surface area contributed by atoms with E-state index < -0.39 is 0 Å². The van der Waals surface area contributed by atoms with Crippen molar-refractivity contribution < 1.29 is 0 Å². The van der Waals surface area contributed by atoms with Crippen molar-refractivity contribution >= 4 is 5.82 Å². The van der Waals surface area contributed by atoms with E-state index in [0.29, 0.717) is 0 Å². The Bertz CT molecular complexity index is 397. The summed E-state index contributed by atoms with van der Waals surface area (Å²) in [4.78, 5) is 7.10. The predicted octanol–water partition coefficient (Wildman–Crippen LogP) is 3.54. The third-order valence-corrected chi connectivity index (χ3v) is 3.98. The molecule has 0 spiro atoms. The fraction of sp³-hybridized carbons (Fsp3) is 0.706. The molecule has 0 fully saturated rings. The Labute approximate surface area is 124 Å². The van der Waals surface area contributed by atoms with E-state index in [4.69, 9.17) is 10.7 Å². The summed E-state index contributed by atoms with van der Waals surface area (Å²) < 4.78 is 0. The summed E-state index contributed by atoms with van der Waals surface area (Å²) >= 11 is 0. The van der Waals surface area contributed by atoms with Gasteiger partial charge in [0.1, 0.15) is 5.82 Å². The van der Waals surface area contributed by atoms with Gasteiger partial charge in [-0.1, -0.05) is 32.8 Å². The Balaban J connectivity index is 2.87. The molecule has 0 aromatic carbocycles. The maximum atomic E-state index is 5.86. The van der Waals surface area contributed by atoms with E-state index in [-0.39, 0.29) is 6.04 Å². The quantitative estimate of drug-likeness (QED) is 0.790. The lowest BCUT2D eigenvalue weighted by molar-refractivity contribution is 0.484. The molecular weight excluding hydrogens is 246 g/mol. The summed E-state index contributed by atoms with van der Waals surface area (Å²) in [7, 11) is 0. The van der Waals surface area contributed by atoms with Gasteiger partial charge < -0.3 is 10.6 Å². The van der Waals surface area contributed by atoms with Crippen molar-refractivity contribution in [3.63, 3.8) is 0 Å². The van der Waals surface area contributed by atoms with Gasteiger partial charge in [-0.3, -0.25) is 0 Å². The highest BCUT2D eigenvalue weighted by Crippen LogP contribution is 2.21. The average Bonchev–Trinajstić information content (AvgIpc) is 2.41. The molecular formula is C17H31N3. The molecule has 0 saturated heterocycles. The molecule has 1 unspecified atom stereocenters. The summed E-state index contributed by atoms with van der Waals surface area (Å²) in [6, 6.07) is 2.43. The summed E-state index contributed by atoms with van der Waals surface area (Å²) in [6.07, 6.45) is 5.34. The van der Waals surface area contributed by atoms with E-state index in [1.165, 1.54) is 24.0 Å². The third-order valence-electron chi connectivity index (χ3n) is 3.98. The number of pyridine rings is 1. The highest BCUT2D eigenvalue weighted by molar-refractivity contribution is 5.47. The lowest BCUT2D eigenvalue weighted by Crippen LogP contribution is -2.30. The molecule has 1 aromatic heterocycles. The Kier molecular flexibility index (Phi) is 7.00. The van der Waals surface area contributed by atoms with Gasteiger partial charge in [-0.2, -0.15) is 0 Å². The number of hydrogen-bond acceptors (Lipinski definition) is 3. The van der Waals surface area contributed by atoms with Gasteiger partial charge in [0.15, 0.2) is 0 Å². The zero-order chi connectivity index (χ0) is 15.1. The number of nitrogens with two attached hydrogens (primary N) is 1. The van der Waals surface area contributed by atoms with Crippen LogP contribution in [0, 0.1) is 12.8 Å². The molecule has 0 amide bonds. The first-order valence-electron chi connectivity index (χ1n) is 7.97. The van der Waals surface area contributed by atoms with E-state index in [1.54, 1.807) is 0 Å². The number of rotatable bonds is 8. The van der Waals surface area contributed by atoms with Gasteiger partial charge in [0.05, 0.1) is 0 Å². The second-order valence-electron chi connectivity index (χ2n) is 5.89. The summed E-state index contributed by atoms with van der Waals surface area (Å²) in [5.74, 6) is 1.88. The zero-order valence-corrected chi connectivity index (χ0v) is 13.8. The molecule has 0 aliphatic carbocycles. The summed E-state index contributed by atoms with van der Waals surface area (Å²) in [5, 5.41) is 0. The highest BCUT2D eigenvalue weighted by Gasteiger charge is 2.14.